The number of nitrogens with zero attached hydrogens (tertiary/aromatic N) is 1. The van der Waals surface area contributed by atoms with Gasteiger partial charge in [0.05, 0.1) is 12.6 Å². The first kappa shape index (κ1) is 22.5. The zero-order chi connectivity index (χ0) is 23.5. The van der Waals surface area contributed by atoms with Crippen LogP contribution in [0.5, 0.6) is 17.2 Å². The first-order valence-electron chi connectivity index (χ1n) is 12.1. The van der Waals surface area contributed by atoms with E-state index in [1.54, 1.807) is 25.7 Å². The molecule has 0 spiro atoms. The summed E-state index contributed by atoms with van der Waals surface area (Å²) in [4.78, 5) is 12.8. The van der Waals surface area contributed by atoms with Gasteiger partial charge in [0.2, 0.25) is 0 Å². The molecule has 0 bridgehead atoms. The van der Waals surface area contributed by atoms with E-state index in [9.17, 15) is 4.79 Å². The molecule has 1 N–H and O–H groups in total. The molecule has 0 unspecified atom stereocenters. The van der Waals surface area contributed by atoms with E-state index in [0.717, 1.165) is 66.1 Å². The number of rotatable bonds is 7. The third-order valence-corrected chi connectivity index (χ3v) is 7.18. The molecule has 2 aromatic carbocycles. The van der Waals surface area contributed by atoms with Gasteiger partial charge in [-0.1, -0.05) is 6.07 Å². The zero-order valence-corrected chi connectivity index (χ0v) is 19.9. The topological polar surface area (TPSA) is 61.7 Å². The maximum absolute atomic E-state index is 12.8. The molecule has 1 aliphatic heterocycles. The lowest BCUT2D eigenvalue weighted by molar-refractivity contribution is 0.270. The quantitative estimate of drug-likeness (QED) is 0.518. The average molecular weight is 461 g/mol. The van der Waals surface area contributed by atoms with E-state index in [-0.39, 0.29) is 5.56 Å². The van der Waals surface area contributed by atoms with Crippen molar-refractivity contribution in [1.29, 1.82) is 0 Å². The Bertz CT molecular complexity index is 1260. The molecule has 1 aliphatic carbocycles. The minimum Gasteiger partial charge on any atom is -0.497 e. The van der Waals surface area contributed by atoms with Crippen LogP contribution in [0.15, 0.2) is 59.8 Å². The van der Waals surface area contributed by atoms with Crippen LogP contribution in [0.2, 0.25) is 0 Å². The zero-order valence-electron chi connectivity index (χ0n) is 19.9. The van der Waals surface area contributed by atoms with Gasteiger partial charge in [-0.25, -0.2) is 0 Å². The molecule has 1 fully saturated rings. The minimum atomic E-state index is 0.0727. The van der Waals surface area contributed by atoms with Gasteiger partial charge in [0.25, 0.3) is 5.56 Å². The van der Waals surface area contributed by atoms with Gasteiger partial charge in [-0.2, -0.15) is 0 Å². The van der Waals surface area contributed by atoms with E-state index >= 15 is 0 Å². The van der Waals surface area contributed by atoms with E-state index in [4.69, 9.17) is 14.2 Å². The Hall–Kier alpha value is -3.25. The molecule has 0 saturated heterocycles. The van der Waals surface area contributed by atoms with Crippen LogP contribution in [0.25, 0.3) is 10.9 Å². The van der Waals surface area contributed by atoms with Crippen LogP contribution in [0.3, 0.4) is 0 Å². The van der Waals surface area contributed by atoms with Crippen molar-refractivity contribution in [3.63, 3.8) is 0 Å². The summed E-state index contributed by atoms with van der Waals surface area (Å²) in [6.45, 7) is 3.57. The lowest BCUT2D eigenvalue weighted by atomic mass is 9.84. The molecule has 0 radical (unpaired) electrons. The number of methoxy groups -OCH3 is 1. The van der Waals surface area contributed by atoms with Crippen LogP contribution < -0.4 is 25.1 Å². The fourth-order valence-corrected chi connectivity index (χ4v) is 5.17. The number of nitrogens with one attached hydrogen (secondary N) is 1. The first-order valence-corrected chi connectivity index (χ1v) is 12.1. The van der Waals surface area contributed by atoms with Crippen molar-refractivity contribution in [2.45, 2.75) is 58.2 Å². The summed E-state index contributed by atoms with van der Waals surface area (Å²) in [7, 11) is 1.66. The molecule has 2 aliphatic rings. The highest BCUT2D eigenvalue weighted by Gasteiger charge is 2.21. The van der Waals surface area contributed by atoms with Gasteiger partial charge < -0.3 is 24.1 Å². The summed E-state index contributed by atoms with van der Waals surface area (Å²) >= 11 is 0. The summed E-state index contributed by atoms with van der Waals surface area (Å²) in [6.07, 6.45) is 8.83. The van der Waals surface area contributed by atoms with Crippen LogP contribution >= 0.6 is 0 Å². The van der Waals surface area contributed by atoms with Crippen molar-refractivity contribution in [3.05, 3.63) is 76.5 Å². The normalized spacial score (nSPS) is 19.4. The summed E-state index contributed by atoms with van der Waals surface area (Å²) in [5, 5.41) is 4.82. The SMILES string of the molecule is COc1ccc2c(C)cc(=O)n(CCC3CCC(NCc4ccc5c(c4)OC=CO5)CC3)c2c1. The summed E-state index contributed by atoms with van der Waals surface area (Å²) in [5.74, 6) is 2.95. The van der Waals surface area contributed by atoms with Crippen molar-refractivity contribution in [2.75, 3.05) is 7.11 Å². The molecule has 2 heterocycles. The van der Waals surface area contributed by atoms with Gasteiger partial charge in [-0.15, -0.1) is 0 Å². The number of benzene rings is 2. The van der Waals surface area contributed by atoms with E-state index in [0.29, 0.717) is 12.0 Å². The largest absolute Gasteiger partial charge is 0.497 e. The Balaban J connectivity index is 1.15. The monoisotopic (exact) mass is 460 g/mol. The van der Waals surface area contributed by atoms with Crippen molar-refractivity contribution < 1.29 is 14.2 Å². The maximum Gasteiger partial charge on any atom is 0.251 e. The number of hydrogen-bond donors (Lipinski definition) is 1. The van der Waals surface area contributed by atoms with Gasteiger partial charge in [0, 0.05) is 36.7 Å². The smallest absolute Gasteiger partial charge is 0.251 e. The molecule has 6 nitrogen and oxygen atoms in total. The molecule has 178 valence electrons. The molecule has 34 heavy (non-hydrogen) atoms. The van der Waals surface area contributed by atoms with Gasteiger partial charge >= 0.3 is 0 Å². The van der Waals surface area contributed by atoms with Crippen LogP contribution in [-0.2, 0) is 13.1 Å². The highest BCUT2D eigenvalue weighted by Crippen LogP contribution is 2.32. The highest BCUT2D eigenvalue weighted by atomic mass is 16.5. The summed E-state index contributed by atoms with van der Waals surface area (Å²) in [5.41, 5.74) is 3.25. The molecule has 6 heteroatoms. The van der Waals surface area contributed by atoms with E-state index in [1.165, 1.54) is 18.4 Å². The summed E-state index contributed by atoms with van der Waals surface area (Å²) in [6, 6.07) is 14.3. The highest BCUT2D eigenvalue weighted by molar-refractivity contribution is 5.83. The fourth-order valence-electron chi connectivity index (χ4n) is 5.17. The van der Waals surface area contributed by atoms with E-state index in [1.807, 2.05) is 35.8 Å². The molecule has 1 saturated carbocycles. The number of pyridine rings is 1. The number of ether oxygens (including phenoxy) is 3. The second-order valence-corrected chi connectivity index (χ2v) is 9.38. The van der Waals surface area contributed by atoms with Crippen LogP contribution in [0.4, 0.5) is 0 Å². The van der Waals surface area contributed by atoms with Crippen molar-refractivity contribution in [1.82, 2.24) is 9.88 Å². The Morgan fingerprint density at radius 3 is 2.59 bits per heavy atom. The van der Waals surface area contributed by atoms with Gasteiger partial charge in [-0.3, -0.25) is 4.79 Å². The third kappa shape index (κ3) is 4.82. The molecule has 3 aromatic rings. The van der Waals surface area contributed by atoms with Gasteiger partial charge in [0.1, 0.15) is 18.3 Å². The first-order chi connectivity index (χ1) is 16.6. The molecule has 5 rings (SSSR count). The maximum atomic E-state index is 12.8. The molecule has 1 aromatic heterocycles. The second kappa shape index (κ2) is 9.94. The minimum absolute atomic E-state index is 0.0727. The molecular weight excluding hydrogens is 428 g/mol. The van der Waals surface area contributed by atoms with Crippen molar-refractivity contribution in [3.8, 4) is 17.2 Å². The Kier molecular flexibility index (Phi) is 6.59. The lowest BCUT2D eigenvalue weighted by Gasteiger charge is -2.29. The van der Waals surface area contributed by atoms with Crippen molar-refractivity contribution in [2.24, 2.45) is 5.92 Å². The van der Waals surface area contributed by atoms with Crippen LogP contribution in [-0.4, -0.2) is 17.7 Å². The van der Waals surface area contributed by atoms with Gasteiger partial charge in [-0.05, 0) is 80.3 Å². The molecule has 0 atom stereocenters. The van der Waals surface area contributed by atoms with Crippen molar-refractivity contribution >= 4 is 10.9 Å². The van der Waals surface area contributed by atoms with Crippen LogP contribution in [0, 0.1) is 12.8 Å². The fraction of sp³-hybridized carbons (Fsp3) is 0.393. The molecule has 0 amide bonds. The lowest BCUT2D eigenvalue weighted by Crippen LogP contribution is -2.33. The number of aromatic nitrogens is 1. The van der Waals surface area contributed by atoms with E-state index in [2.05, 4.69) is 17.4 Å². The number of fused-ring (bicyclic) bond motifs is 2. The Labute approximate surface area is 200 Å². The third-order valence-electron chi connectivity index (χ3n) is 7.18. The predicted molar refractivity (Wildman–Crippen MR) is 134 cm³/mol. The standard InChI is InChI=1S/C28H32N2O4/c1-19-15-28(31)30(25-17-23(32-2)8-9-24(19)25)12-11-20-3-6-22(7-4-20)29-18-21-5-10-26-27(16-21)34-14-13-33-26/h5,8-10,13-17,20,22,29H,3-4,6-7,11-12,18H2,1-2H3. The summed E-state index contributed by atoms with van der Waals surface area (Å²) < 4.78 is 18.3. The second-order valence-electron chi connectivity index (χ2n) is 9.38. The number of hydrogen-bond acceptors (Lipinski definition) is 5. The Morgan fingerprint density at radius 1 is 1.00 bits per heavy atom. The Morgan fingerprint density at radius 2 is 1.79 bits per heavy atom. The molecular formula is C28H32N2O4. The average Bonchev–Trinajstić information content (AvgIpc) is 2.87. The van der Waals surface area contributed by atoms with Crippen LogP contribution in [0.1, 0.15) is 43.2 Å². The van der Waals surface area contributed by atoms with E-state index < -0.39 is 0 Å². The van der Waals surface area contributed by atoms with Gasteiger partial charge in [0.15, 0.2) is 11.5 Å². The predicted octanol–water partition coefficient (Wildman–Crippen LogP) is 5.30. The number of aryl methyl sites for hydroxylation is 2.